The van der Waals surface area contributed by atoms with Gasteiger partial charge in [0.15, 0.2) is 0 Å². The number of aromatic hydroxyl groups is 2. The summed E-state index contributed by atoms with van der Waals surface area (Å²) in [6.45, 7) is 24.8. The topological polar surface area (TPSA) is 88.6 Å². The molecule has 0 amide bonds. The van der Waals surface area contributed by atoms with E-state index in [1.165, 1.54) is 0 Å². The van der Waals surface area contributed by atoms with Crippen LogP contribution in [0.25, 0.3) is 0 Å². The minimum Gasteiger partial charge on any atom is -0.507 e. The third-order valence-electron chi connectivity index (χ3n) is 8.04. The van der Waals surface area contributed by atoms with Gasteiger partial charge in [-0.1, -0.05) is 63.1 Å². The zero-order chi connectivity index (χ0) is 28.4. The Kier molecular flexibility index (Phi) is 9.57. The molecule has 6 nitrogen and oxygen atoms in total. The van der Waals surface area contributed by atoms with Gasteiger partial charge < -0.3 is 31.5 Å². The number of benzene rings is 2. The molecular weight excluding hydrogens is 472 g/mol. The Morgan fingerprint density at radius 2 is 0.737 bits per heavy atom. The molecule has 6 heteroatoms. The van der Waals surface area contributed by atoms with Crippen LogP contribution in [0, 0.1) is 24.7 Å². The lowest BCUT2D eigenvalue weighted by atomic mass is 9.89. The molecule has 1 heterocycles. The highest BCUT2D eigenvalue weighted by molar-refractivity contribution is 5.47. The van der Waals surface area contributed by atoms with E-state index in [0.717, 1.165) is 59.6 Å². The summed E-state index contributed by atoms with van der Waals surface area (Å²) >= 11 is 0. The Morgan fingerprint density at radius 1 is 0.526 bits per heavy atom. The van der Waals surface area contributed by atoms with Crippen LogP contribution in [0.1, 0.15) is 113 Å². The number of hydrogen-bond acceptors (Lipinski definition) is 6. The second-order valence-electron chi connectivity index (χ2n) is 13.3. The summed E-state index contributed by atoms with van der Waals surface area (Å²) in [5, 5.41) is 37.3. The number of aryl methyl sites for hydroxylation is 2. The first-order valence-electron chi connectivity index (χ1n) is 14.2. The predicted octanol–water partition coefficient (Wildman–Crippen LogP) is 6.08. The summed E-state index contributed by atoms with van der Waals surface area (Å²) in [6.07, 6.45) is 0. The molecule has 0 spiro atoms. The van der Waals surface area contributed by atoms with Crippen molar-refractivity contribution in [2.45, 2.75) is 93.4 Å². The van der Waals surface area contributed by atoms with E-state index in [2.05, 4.69) is 115 Å². The second-order valence-corrected chi connectivity index (χ2v) is 13.3. The summed E-state index contributed by atoms with van der Waals surface area (Å²) in [5.74, 6) is 0.756. The highest BCUT2D eigenvalue weighted by Crippen LogP contribution is 2.36. The quantitative estimate of drug-likeness (QED) is 0.250. The van der Waals surface area contributed by atoms with Crippen LogP contribution in [0.15, 0.2) is 24.3 Å². The molecule has 2 aromatic rings. The van der Waals surface area contributed by atoms with Gasteiger partial charge in [-0.05, 0) is 52.4 Å². The fourth-order valence-corrected chi connectivity index (χ4v) is 5.27. The molecule has 4 unspecified atom stereocenters. The number of phenolic OH excluding ortho intramolecular Hbond substituents is 2. The van der Waals surface area contributed by atoms with Gasteiger partial charge in [-0.25, -0.2) is 0 Å². The molecular formula is C32H52N4O2. The van der Waals surface area contributed by atoms with E-state index >= 15 is 0 Å². The van der Waals surface area contributed by atoms with Crippen LogP contribution in [0.5, 0.6) is 11.5 Å². The SMILES string of the molecule is Cc1cc2c(O)c(c1)C(C)NCC(C)(C)CNC(C)c1cc(C)cc(c1O)C(C)NCC(C)(C)CNC2C. The molecule has 0 saturated heterocycles. The molecule has 0 aliphatic carbocycles. The number of nitrogens with one attached hydrogen (secondary N) is 4. The summed E-state index contributed by atoms with van der Waals surface area (Å²) < 4.78 is 0. The van der Waals surface area contributed by atoms with Gasteiger partial charge in [0.05, 0.1) is 0 Å². The summed E-state index contributed by atoms with van der Waals surface area (Å²) in [6, 6.07) is 8.40. The molecule has 212 valence electrons. The Morgan fingerprint density at radius 3 is 0.947 bits per heavy atom. The van der Waals surface area contributed by atoms with Crippen LogP contribution in [0.4, 0.5) is 0 Å². The molecule has 1 aliphatic heterocycles. The number of fused-ring (bicyclic) bond motifs is 4. The van der Waals surface area contributed by atoms with E-state index in [1.807, 2.05) is 0 Å². The van der Waals surface area contributed by atoms with Crippen LogP contribution in [0.3, 0.4) is 0 Å². The second kappa shape index (κ2) is 12.0. The van der Waals surface area contributed by atoms with Gasteiger partial charge in [-0.2, -0.15) is 0 Å². The van der Waals surface area contributed by atoms with Crippen LogP contribution >= 0.6 is 0 Å². The first kappa shape index (κ1) is 30.4. The van der Waals surface area contributed by atoms with E-state index < -0.39 is 0 Å². The van der Waals surface area contributed by atoms with Crippen LogP contribution in [-0.2, 0) is 0 Å². The minimum absolute atomic E-state index is 0.00801. The van der Waals surface area contributed by atoms with Gasteiger partial charge in [-0.3, -0.25) is 0 Å². The van der Waals surface area contributed by atoms with Crippen molar-refractivity contribution >= 4 is 0 Å². The maximum atomic E-state index is 11.3. The smallest absolute Gasteiger partial charge is 0.125 e. The number of rotatable bonds is 0. The van der Waals surface area contributed by atoms with E-state index in [9.17, 15) is 10.2 Å². The van der Waals surface area contributed by atoms with Gasteiger partial charge in [0.2, 0.25) is 0 Å². The lowest BCUT2D eigenvalue weighted by Crippen LogP contribution is -2.40. The van der Waals surface area contributed by atoms with Crippen molar-refractivity contribution in [1.82, 2.24) is 21.3 Å². The number of hydrogen-bond donors (Lipinski definition) is 6. The molecule has 4 atom stereocenters. The van der Waals surface area contributed by atoms with Crippen molar-refractivity contribution in [3.63, 3.8) is 0 Å². The predicted molar refractivity (Wildman–Crippen MR) is 159 cm³/mol. The molecule has 6 N–H and O–H groups in total. The van der Waals surface area contributed by atoms with Crippen molar-refractivity contribution in [2.75, 3.05) is 26.2 Å². The molecule has 0 radical (unpaired) electrons. The average molecular weight is 525 g/mol. The first-order valence-corrected chi connectivity index (χ1v) is 14.2. The Balaban J connectivity index is 1.96. The normalized spacial score (nSPS) is 27.0. The van der Waals surface area contributed by atoms with Crippen molar-refractivity contribution in [3.8, 4) is 11.5 Å². The Bertz CT molecular complexity index is 949. The number of phenols is 2. The van der Waals surface area contributed by atoms with E-state index in [-0.39, 0.29) is 35.0 Å². The summed E-state index contributed by atoms with van der Waals surface area (Å²) in [4.78, 5) is 0. The third-order valence-corrected chi connectivity index (χ3v) is 8.04. The zero-order valence-corrected chi connectivity index (χ0v) is 25.3. The minimum atomic E-state index is -0.0385. The Hall–Kier alpha value is -2.12. The van der Waals surface area contributed by atoms with Gasteiger partial charge >= 0.3 is 0 Å². The lowest BCUT2D eigenvalue weighted by molar-refractivity contribution is 0.288. The maximum absolute atomic E-state index is 11.3. The standard InChI is InChI=1S/C32H52N4O2/c1-19-11-25-21(3)33-15-31(7,8)17-35-23(5)27-13-20(2)14-28(30(27)38)24(6)36-18-32(9,10)16-34-22(4)26(12-19)29(25)37/h11-14,21-24,33-38H,15-18H2,1-10H3. The zero-order valence-electron chi connectivity index (χ0n) is 25.3. The van der Waals surface area contributed by atoms with Crippen molar-refractivity contribution in [3.05, 3.63) is 57.6 Å². The van der Waals surface area contributed by atoms with Crippen molar-refractivity contribution in [2.24, 2.45) is 10.8 Å². The van der Waals surface area contributed by atoms with Crippen molar-refractivity contribution < 1.29 is 10.2 Å². The molecule has 3 rings (SSSR count). The van der Waals surface area contributed by atoms with Gasteiger partial charge in [0.25, 0.3) is 0 Å². The van der Waals surface area contributed by atoms with Gasteiger partial charge in [-0.15, -0.1) is 0 Å². The van der Waals surface area contributed by atoms with E-state index in [1.54, 1.807) is 0 Å². The summed E-state index contributed by atoms with van der Waals surface area (Å²) in [7, 11) is 0. The Labute approximate surface area is 231 Å². The molecule has 1 aliphatic rings. The monoisotopic (exact) mass is 524 g/mol. The fraction of sp³-hybridized carbons (Fsp3) is 0.625. The van der Waals surface area contributed by atoms with Crippen LogP contribution in [0.2, 0.25) is 0 Å². The average Bonchev–Trinajstić information content (AvgIpc) is 2.85. The highest BCUT2D eigenvalue weighted by atomic mass is 16.3. The van der Waals surface area contributed by atoms with Gasteiger partial charge in [0, 0.05) is 72.6 Å². The third kappa shape index (κ3) is 7.50. The molecule has 4 bridgehead atoms. The van der Waals surface area contributed by atoms with Crippen LogP contribution < -0.4 is 21.3 Å². The maximum Gasteiger partial charge on any atom is 0.125 e. The largest absolute Gasteiger partial charge is 0.507 e. The van der Waals surface area contributed by atoms with E-state index in [0.29, 0.717) is 11.5 Å². The highest BCUT2D eigenvalue weighted by Gasteiger charge is 2.26. The molecule has 0 saturated carbocycles. The first-order chi connectivity index (χ1) is 17.6. The van der Waals surface area contributed by atoms with Gasteiger partial charge in [0.1, 0.15) is 11.5 Å². The van der Waals surface area contributed by atoms with Crippen molar-refractivity contribution in [1.29, 1.82) is 0 Å². The lowest BCUT2D eigenvalue weighted by Gasteiger charge is -2.32. The molecule has 0 fully saturated rings. The molecule has 0 aromatic heterocycles. The van der Waals surface area contributed by atoms with E-state index in [4.69, 9.17) is 0 Å². The fourth-order valence-electron chi connectivity index (χ4n) is 5.27. The molecule has 2 aromatic carbocycles. The molecule has 38 heavy (non-hydrogen) atoms. The van der Waals surface area contributed by atoms with Crippen LogP contribution in [-0.4, -0.2) is 36.4 Å². The summed E-state index contributed by atoms with van der Waals surface area (Å²) in [5.41, 5.74) is 5.97.